The van der Waals surface area contributed by atoms with Crippen LogP contribution < -0.4 is 0 Å². The van der Waals surface area contributed by atoms with Crippen molar-refractivity contribution < 1.29 is 0 Å². The van der Waals surface area contributed by atoms with Crippen molar-refractivity contribution in [2.75, 3.05) is 0 Å². The maximum absolute atomic E-state index is 3.74. The Balaban J connectivity index is 2.58. The van der Waals surface area contributed by atoms with Crippen LogP contribution >= 0.6 is 0 Å². The van der Waals surface area contributed by atoms with Gasteiger partial charge in [0.25, 0.3) is 0 Å². The fourth-order valence-corrected chi connectivity index (χ4v) is 1.31. The van der Waals surface area contributed by atoms with Gasteiger partial charge in [-0.15, -0.1) is 0 Å². The van der Waals surface area contributed by atoms with Crippen LogP contribution in [-0.4, -0.2) is 0 Å². The maximum Gasteiger partial charge on any atom is -0.00417 e. The first-order chi connectivity index (χ1) is 5.83. The van der Waals surface area contributed by atoms with Crippen molar-refractivity contribution in [3.05, 3.63) is 48.6 Å². The van der Waals surface area contributed by atoms with Gasteiger partial charge in [0.2, 0.25) is 0 Å². The Labute approximate surface area is 75.0 Å². The fraction of sp³-hybridized carbons (Fsp3) is 0.333. The van der Waals surface area contributed by atoms with Gasteiger partial charge in [0.05, 0.1) is 0 Å². The van der Waals surface area contributed by atoms with E-state index in [4.69, 9.17) is 0 Å². The van der Waals surface area contributed by atoms with E-state index in [1.807, 2.05) is 6.08 Å². The Bertz CT molecular complexity index is 228. The molecule has 1 unspecified atom stereocenters. The highest BCUT2D eigenvalue weighted by Gasteiger charge is 2.00. The van der Waals surface area contributed by atoms with Crippen molar-refractivity contribution >= 4 is 0 Å². The minimum atomic E-state index is 0.595. The highest BCUT2D eigenvalue weighted by Crippen LogP contribution is 2.16. The van der Waals surface area contributed by atoms with Gasteiger partial charge in [-0.3, -0.25) is 0 Å². The van der Waals surface area contributed by atoms with E-state index in [0.717, 1.165) is 0 Å². The van der Waals surface area contributed by atoms with Crippen LogP contribution in [0.15, 0.2) is 48.6 Å². The van der Waals surface area contributed by atoms with E-state index < -0.39 is 0 Å². The monoisotopic (exact) mass is 160 g/mol. The zero-order chi connectivity index (χ0) is 8.81. The van der Waals surface area contributed by atoms with Crippen LogP contribution in [0, 0.1) is 5.92 Å². The quantitative estimate of drug-likeness (QED) is 0.541. The van der Waals surface area contributed by atoms with Gasteiger partial charge in [-0.25, -0.2) is 0 Å². The summed E-state index contributed by atoms with van der Waals surface area (Å²) >= 11 is 0. The number of rotatable bonds is 2. The third kappa shape index (κ3) is 2.91. The van der Waals surface area contributed by atoms with E-state index in [-0.39, 0.29) is 0 Å². The molecule has 0 fully saturated rings. The van der Waals surface area contributed by atoms with E-state index in [9.17, 15) is 0 Å². The highest BCUT2D eigenvalue weighted by atomic mass is 14.1. The van der Waals surface area contributed by atoms with Crippen molar-refractivity contribution in [3.8, 4) is 0 Å². The van der Waals surface area contributed by atoms with Crippen molar-refractivity contribution in [2.45, 2.75) is 19.8 Å². The highest BCUT2D eigenvalue weighted by molar-refractivity contribution is 5.19. The van der Waals surface area contributed by atoms with Crippen molar-refractivity contribution in [2.24, 2.45) is 5.92 Å². The van der Waals surface area contributed by atoms with Crippen molar-refractivity contribution in [3.63, 3.8) is 0 Å². The van der Waals surface area contributed by atoms with E-state index in [1.165, 1.54) is 18.4 Å². The lowest BCUT2D eigenvalue weighted by molar-refractivity contribution is 0.724. The largest absolute Gasteiger partial charge is 0.0988 e. The van der Waals surface area contributed by atoms with Crippen molar-refractivity contribution in [1.82, 2.24) is 0 Å². The molecule has 0 spiro atoms. The summed E-state index contributed by atoms with van der Waals surface area (Å²) in [6, 6.07) is 0. The van der Waals surface area contributed by atoms with Gasteiger partial charge in [-0.1, -0.05) is 48.6 Å². The molecule has 0 aliphatic heterocycles. The minimum absolute atomic E-state index is 0.595. The first kappa shape index (κ1) is 9.05. The summed E-state index contributed by atoms with van der Waals surface area (Å²) in [5.74, 6) is 0.595. The molecule has 1 aliphatic rings. The number of allylic oxidation sites excluding steroid dienone is 7. The molecule has 0 aromatic rings. The van der Waals surface area contributed by atoms with Crippen LogP contribution in [0.1, 0.15) is 19.8 Å². The van der Waals surface area contributed by atoms with E-state index >= 15 is 0 Å². The molecule has 0 N–H and O–H groups in total. The van der Waals surface area contributed by atoms with Gasteiger partial charge >= 0.3 is 0 Å². The smallest absolute Gasteiger partial charge is 0.00417 e. The summed E-state index contributed by atoms with van der Waals surface area (Å²) in [5.41, 5.74) is 1.27. The van der Waals surface area contributed by atoms with Gasteiger partial charge in [-0.2, -0.15) is 0 Å². The van der Waals surface area contributed by atoms with Crippen LogP contribution in [0.5, 0.6) is 0 Å². The summed E-state index contributed by atoms with van der Waals surface area (Å²) in [5, 5.41) is 0. The van der Waals surface area contributed by atoms with Gasteiger partial charge in [0.15, 0.2) is 0 Å². The second-order valence-corrected chi connectivity index (χ2v) is 3.17. The molecule has 12 heavy (non-hydrogen) atoms. The molecule has 64 valence electrons. The topological polar surface area (TPSA) is 0 Å². The third-order valence-electron chi connectivity index (χ3n) is 2.07. The van der Waals surface area contributed by atoms with E-state index in [0.29, 0.717) is 5.92 Å². The SMILES string of the molecule is C=CC(C)=CC1C=CC=CCC1. The lowest BCUT2D eigenvalue weighted by Gasteiger charge is -2.04. The molecule has 0 heteroatoms. The fourth-order valence-electron chi connectivity index (χ4n) is 1.31. The summed E-state index contributed by atoms with van der Waals surface area (Å²) in [6.45, 7) is 5.84. The zero-order valence-corrected chi connectivity index (χ0v) is 7.66. The second-order valence-electron chi connectivity index (χ2n) is 3.17. The number of hydrogen-bond acceptors (Lipinski definition) is 0. The lowest BCUT2D eigenvalue weighted by atomic mass is 10.0. The standard InChI is InChI=1S/C12H16/c1-3-11(2)10-12-8-6-4-5-7-9-12/h3-6,8,10,12H,1,7,9H2,2H3. The lowest BCUT2D eigenvalue weighted by Crippen LogP contribution is -1.90. The molecular formula is C12H16. The molecule has 1 rings (SSSR count). The molecule has 0 aromatic carbocycles. The maximum atomic E-state index is 3.74. The minimum Gasteiger partial charge on any atom is -0.0988 e. The summed E-state index contributed by atoms with van der Waals surface area (Å²) < 4.78 is 0. The average Bonchev–Trinajstić information content (AvgIpc) is 2.33. The van der Waals surface area contributed by atoms with Crippen molar-refractivity contribution in [1.29, 1.82) is 0 Å². The molecule has 1 atom stereocenters. The molecular weight excluding hydrogens is 144 g/mol. The zero-order valence-electron chi connectivity index (χ0n) is 7.66. The first-order valence-corrected chi connectivity index (χ1v) is 4.47. The third-order valence-corrected chi connectivity index (χ3v) is 2.07. The summed E-state index contributed by atoms with van der Waals surface area (Å²) in [4.78, 5) is 0. The molecule has 0 nitrogen and oxygen atoms in total. The van der Waals surface area contributed by atoms with Crippen LogP contribution in [0.25, 0.3) is 0 Å². The average molecular weight is 160 g/mol. The predicted octanol–water partition coefficient (Wildman–Crippen LogP) is 3.64. The normalized spacial score (nSPS) is 23.8. The van der Waals surface area contributed by atoms with Crippen LogP contribution in [-0.2, 0) is 0 Å². The van der Waals surface area contributed by atoms with E-state index in [2.05, 4.69) is 43.9 Å². The number of hydrogen-bond donors (Lipinski definition) is 0. The van der Waals surface area contributed by atoms with Crippen LogP contribution in [0.3, 0.4) is 0 Å². The molecule has 0 saturated carbocycles. The molecule has 0 radical (unpaired) electrons. The van der Waals surface area contributed by atoms with Gasteiger partial charge < -0.3 is 0 Å². The Morgan fingerprint density at radius 3 is 3.08 bits per heavy atom. The predicted molar refractivity (Wildman–Crippen MR) is 55.0 cm³/mol. The molecule has 0 saturated heterocycles. The van der Waals surface area contributed by atoms with Gasteiger partial charge in [-0.05, 0) is 25.7 Å². The Hall–Kier alpha value is -1.04. The first-order valence-electron chi connectivity index (χ1n) is 4.47. The Morgan fingerprint density at radius 2 is 2.33 bits per heavy atom. The summed E-state index contributed by atoms with van der Waals surface area (Å²) in [6.07, 6.45) is 15.3. The van der Waals surface area contributed by atoms with Crippen LogP contribution in [0.4, 0.5) is 0 Å². The Morgan fingerprint density at radius 1 is 1.50 bits per heavy atom. The summed E-state index contributed by atoms with van der Waals surface area (Å²) in [7, 11) is 0. The van der Waals surface area contributed by atoms with Gasteiger partial charge in [0.1, 0.15) is 0 Å². The molecule has 0 aromatic heterocycles. The molecule has 0 heterocycles. The molecule has 0 bridgehead atoms. The molecule has 1 aliphatic carbocycles. The molecule has 0 amide bonds. The van der Waals surface area contributed by atoms with Crippen LogP contribution in [0.2, 0.25) is 0 Å². The second kappa shape index (κ2) is 4.76. The van der Waals surface area contributed by atoms with E-state index in [1.54, 1.807) is 0 Å². The van der Waals surface area contributed by atoms with Gasteiger partial charge in [0, 0.05) is 0 Å². The Kier molecular flexibility index (Phi) is 3.59.